The van der Waals surface area contributed by atoms with Crippen LogP contribution in [0.25, 0.3) is 0 Å². The summed E-state index contributed by atoms with van der Waals surface area (Å²) in [5.74, 6) is -0.992. The Bertz CT molecular complexity index is 953. The third-order valence-electron chi connectivity index (χ3n) is 6.42. The number of nitrogens with zero attached hydrogens (tertiary/aromatic N) is 3. The molecule has 2 aliphatic rings. The second-order valence-electron chi connectivity index (χ2n) is 8.36. The summed E-state index contributed by atoms with van der Waals surface area (Å²) in [5.41, 5.74) is 2.90. The van der Waals surface area contributed by atoms with Gasteiger partial charge in [0.25, 0.3) is 0 Å². The Hall–Kier alpha value is -2.96. The number of hydrogen-bond acceptors (Lipinski definition) is 5. The minimum absolute atomic E-state index is 0.111. The Labute approximate surface area is 190 Å². The summed E-state index contributed by atoms with van der Waals surface area (Å²) in [5, 5.41) is 0. The molecule has 2 heterocycles. The predicted molar refractivity (Wildman–Crippen MR) is 125 cm³/mol. The van der Waals surface area contributed by atoms with Crippen molar-refractivity contribution >= 4 is 17.4 Å². The molecular formula is C26H31N3O3. The van der Waals surface area contributed by atoms with Gasteiger partial charge in [-0.2, -0.15) is 0 Å². The summed E-state index contributed by atoms with van der Waals surface area (Å²) in [6.45, 7) is 5.97. The topological polar surface area (TPSA) is 53.1 Å². The Balaban J connectivity index is 1.61. The van der Waals surface area contributed by atoms with Crippen molar-refractivity contribution in [1.82, 2.24) is 9.80 Å². The van der Waals surface area contributed by atoms with E-state index in [0.717, 1.165) is 31.7 Å². The molecule has 2 aliphatic heterocycles. The predicted octanol–water partition coefficient (Wildman–Crippen LogP) is 3.13. The van der Waals surface area contributed by atoms with Crippen LogP contribution in [0.1, 0.15) is 18.5 Å². The van der Waals surface area contributed by atoms with E-state index in [0.29, 0.717) is 18.8 Å². The number of rotatable bonds is 7. The Morgan fingerprint density at radius 1 is 0.938 bits per heavy atom. The number of para-hydroxylation sites is 1. The highest BCUT2D eigenvalue weighted by Crippen LogP contribution is 2.35. The summed E-state index contributed by atoms with van der Waals surface area (Å²) in [4.78, 5) is 33.1. The van der Waals surface area contributed by atoms with Crippen LogP contribution in [0.4, 0.5) is 5.69 Å². The van der Waals surface area contributed by atoms with E-state index in [1.165, 1.54) is 5.69 Å². The largest absolute Gasteiger partial charge is 0.383 e. The smallest absolute Gasteiger partial charge is 0.239 e. The van der Waals surface area contributed by atoms with E-state index in [2.05, 4.69) is 34.1 Å². The van der Waals surface area contributed by atoms with Crippen LogP contribution in [-0.4, -0.2) is 67.9 Å². The van der Waals surface area contributed by atoms with Crippen LogP contribution in [0.2, 0.25) is 0 Å². The van der Waals surface area contributed by atoms with Gasteiger partial charge in [-0.3, -0.25) is 14.5 Å². The highest BCUT2D eigenvalue weighted by Gasteiger charge is 2.43. The Morgan fingerprint density at radius 3 is 2.19 bits per heavy atom. The van der Waals surface area contributed by atoms with Crippen LogP contribution in [0.3, 0.4) is 0 Å². The third-order valence-corrected chi connectivity index (χ3v) is 6.42. The zero-order chi connectivity index (χ0) is 22.5. The molecular weight excluding hydrogens is 402 g/mol. The van der Waals surface area contributed by atoms with Gasteiger partial charge in [0.1, 0.15) is 5.92 Å². The van der Waals surface area contributed by atoms with Gasteiger partial charge < -0.3 is 14.5 Å². The standard InChI is InChI=1S/C26H31N3O3/c1-20-19-23(30)24(26(31)29(20)17-18-32-2)25(21-9-5-3-6-10-21)28-15-13-27(14-16-28)22-11-7-4-8-12-22/h3-12,19,24-25H,13-18H2,1-2H3. The average Bonchev–Trinajstić information content (AvgIpc) is 2.83. The van der Waals surface area contributed by atoms with Crippen molar-refractivity contribution in [3.05, 3.63) is 78.0 Å². The number of hydrogen-bond donors (Lipinski definition) is 0. The number of ketones is 1. The first kappa shape index (κ1) is 22.2. The van der Waals surface area contributed by atoms with Crippen molar-refractivity contribution in [3.63, 3.8) is 0 Å². The van der Waals surface area contributed by atoms with Gasteiger partial charge in [0.2, 0.25) is 5.91 Å². The number of benzene rings is 2. The molecule has 2 unspecified atom stereocenters. The molecule has 2 aromatic carbocycles. The molecule has 0 bridgehead atoms. The van der Waals surface area contributed by atoms with Crippen LogP contribution in [0, 0.1) is 5.92 Å². The Kier molecular flexibility index (Phi) is 7.02. The molecule has 0 saturated carbocycles. The van der Waals surface area contributed by atoms with Gasteiger partial charge in [-0.1, -0.05) is 48.5 Å². The first-order chi connectivity index (χ1) is 15.6. The highest BCUT2D eigenvalue weighted by atomic mass is 16.5. The van der Waals surface area contributed by atoms with Gasteiger partial charge in [-0.05, 0) is 24.6 Å². The molecule has 2 aromatic rings. The van der Waals surface area contributed by atoms with Crippen LogP contribution >= 0.6 is 0 Å². The lowest BCUT2D eigenvalue weighted by molar-refractivity contribution is -0.143. The number of carbonyl (C=O) groups excluding carboxylic acids is 2. The molecule has 4 rings (SSSR count). The Morgan fingerprint density at radius 2 is 1.56 bits per heavy atom. The molecule has 2 atom stereocenters. The minimum Gasteiger partial charge on any atom is -0.383 e. The lowest BCUT2D eigenvalue weighted by Crippen LogP contribution is -2.54. The molecule has 0 aromatic heterocycles. The van der Waals surface area contributed by atoms with Crippen molar-refractivity contribution in [2.45, 2.75) is 13.0 Å². The second kappa shape index (κ2) is 10.1. The molecule has 0 N–H and O–H groups in total. The fourth-order valence-electron chi connectivity index (χ4n) is 4.76. The van der Waals surface area contributed by atoms with Crippen molar-refractivity contribution in [2.24, 2.45) is 5.92 Å². The first-order valence-electron chi connectivity index (χ1n) is 11.2. The maximum atomic E-state index is 13.6. The van der Waals surface area contributed by atoms with Gasteiger partial charge in [0.15, 0.2) is 5.78 Å². The molecule has 6 nitrogen and oxygen atoms in total. The van der Waals surface area contributed by atoms with E-state index in [9.17, 15) is 9.59 Å². The van der Waals surface area contributed by atoms with E-state index >= 15 is 0 Å². The highest BCUT2D eigenvalue weighted by molar-refractivity contribution is 6.10. The summed E-state index contributed by atoms with van der Waals surface area (Å²) < 4.78 is 5.20. The molecule has 6 heteroatoms. The normalized spacial score (nSPS) is 20.9. The second-order valence-corrected chi connectivity index (χ2v) is 8.36. The van der Waals surface area contributed by atoms with E-state index in [1.807, 2.05) is 43.3 Å². The molecule has 1 fully saturated rings. The van der Waals surface area contributed by atoms with Crippen LogP contribution in [0.15, 0.2) is 72.4 Å². The molecule has 1 amide bonds. The number of amides is 1. The summed E-state index contributed by atoms with van der Waals surface area (Å²) >= 11 is 0. The monoisotopic (exact) mass is 433 g/mol. The van der Waals surface area contributed by atoms with Gasteiger partial charge in [0.05, 0.1) is 12.6 Å². The van der Waals surface area contributed by atoms with Crippen molar-refractivity contribution in [2.75, 3.05) is 51.3 Å². The van der Waals surface area contributed by atoms with E-state index in [4.69, 9.17) is 4.74 Å². The van der Waals surface area contributed by atoms with Gasteiger partial charge in [-0.25, -0.2) is 0 Å². The maximum Gasteiger partial charge on any atom is 0.239 e. The molecule has 0 radical (unpaired) electrons. The van der Waals surface area contributed by atoms with E-state index < -0.39 is 5.92 Å². The van der Waals surface area contributed by atoms with Crippen molar-refractivity contribution < 1.29 is 14.3 Å². The SMILES string of the molecule is COCCN1C(=O)C(C(c2ccccc2)N2CCN(c3ccccc3)CC2)C(=O)C=C1C. The average molecular weight is 434 g/mol. The molecule has 1 saturated heterocycles. The molecule has 168 valence electrons. The van der Waals surface area contributed by atoms with Gasteiger partial charge >= 0.3 is 0 Å². The first-order valence-corrected chi connectivity index (χ1v) is 11.2. The van der Waals surface area contributed by atoms with Gasteiger partial charge in [-0.15, -0.1) is 0 Å². The van der Waals surface area contributed by atoms with Crippen molar-refractivity contribution in [1.29, 1.82) is 0 Å². The van der Waals surface area contributed by atoms with Crippen LogP contribution < -0.4 is 4.90 Å². The van der Waals surface area contributed by atoms with E-state index in [1.54, 1.807) is 18.1 Å². The number of methoxy groups -OCH3 is 1. The molecule has 0 aliphatic carbocycles. The summed E-state index contributed by atoms with van der Waals surface area (Å²) in [6.07, 6.45) is 1.62. The third kappa shape index (κ3) is 4.61. The molecule has 0 spiro atoms. The summed E-state index contributed by atoms with van der Waals surface area (Å²) in [7, 11) is 1.62. The van der Waals surface area contributed by atoms with Crippen molar-refractivity contribution in [3.8, 4) is 0 Å². The van der Waals surface area contributed by atoms with Crippen LogP contribution in [0.5, 0.6) is 0 Å². The zero-order valence-corrected chi connectivity index (χ0v) is 18.8. The number of piperazine rings is 1. The zero-order valence-electron chi connectivity index (χ0n) is 18.8. The van der Waals surface area contributed by atoms with Crippen LogP contribution in [-0.2, 0) is 14.3 Å². The number of carbonyl (C=O) groups is 2. The fraction of sp³-hybridized carbons (Fsp3) is 0.385. The van der Waals surface area contributed by atoms with E-state index in [-0.39, 0.29) is 17.7 Å². The number of allylic oxidation sites excluding steroid dienone is 2. The lowest BCUT2D eigenvalue weighted by atomic mass is 9.84. The number of anilines is 1. The quantitative estimate of drug-likeness (QED) is 0.628. The van der Waals surface area contributed by atoms with Gasteiger partial charge in [0, 0.05) is 57.3 Å². The maximum absolute atomic E-state index is 13.6. The molecule has 32 heavy (non-hydrogen) atoms. The summed E-state index contributed by atoms with van der Waals surface area (Å²) in [6, 6.07) is 20.1. The minimum atomic E-state index is -0.749. The number of ether oxygens (including phenoxy) is 1. The lowest BCUT2D eigenvalue weighted by Gasteiger charge is -2.44. The fourth-order valence-corrected chi connectivity index (χ4v) is 4.76.